The van der Waals surface area contributed by atoms with Crippen molar-refractivity contribution >= 4 is 5.69 Å². The molecule has 1 aromatic heterocycles. The van der Waals surface area contributed by atoms with Crippen molar-refractivity contribution in [3.63, 3.8) is 0 Å². The van der Waals surface area contributed by atoms with E-state index in [9.17, 15) is 0 Å². The number of anilines is 1. The number of nitrogens with one attached hydrogen (secondary N) is 1. The Morgan fingerprint density at radius 3 is 2.93 bits per heavy atom. The molecule has 0 aromatic carbocycles. The SMILES string of the molecule is Cc1cnccc1NC1CC2CCC1C2. The highest BCUT2D eigenvalue weighted by Gasteiger charge is 2.39. The number of pyridine rings is 1. The Bertz CT molecular complexity index is 361. The fourth-order valence-electron chi connectivity index (χ4n) is 3.26. The van der Waals surface area contributed by atoms with E-state index in [1.807, 2.05) is 12.4 Å². The van der Waals surface area contributed by atoms with Crippen LogP contribution in [-0.4, -0.2) is 11.0 Å². The topological polar surface area (TPSA) is 24.9 Å². The van der Waals surface area contributed by atoms with Gasteiger partial charge in [-0.15, -0.1) is 0 Å². The van der Waals surface area contributed by atoms with Gasteiger partial charge in [0.25, 0.3) is 0 Å². The molecule has 3 unspecified atom stereocenters. The molecule has 0 amide bonds. The Morgan fingerprint density at radius 1 is 1.33 bits per heavy atom. The van der Waals surface area contributed by atoms with Crippen LogP contribution in [0, 0.1) is 18.8 Å². The summed E-state index contributed by atoms with van der Waals surface area (Å²) in [6.07, 6.45) is 9.57. The van der Waals surface area contributed by atoms with Crippen LogP contribution in [0.15, 0.2) is 18.5 Å². The van der Waals surface area contributed by atoms with E-state index in [2.05, 4.69) is 23.3 Å². The molecule has 3 atom stereocenters. The van der Waals surface area contributed by atoms with E-state index in [0.717, 1.165) is 17.9 Å². The Kier molecular flexibility index (Phi) is 2.15. The summed E-state index contributed by atoms with van der Waals surface area (Å²) in [5, 5.41) is 3.70. The van der Waals surface area contributed by atoms with Gasteiger partial charge in [0.15, 0.2) is 0 Å². The third-order valence-corrected chi connectivity index (χ3v) is 4.10. The number of fused-ring (bicyclic) bond motifs is 2. The van der Waals surface area contributed by atoms with Crippen LogP contribution in [0.2, 0.25) is 0 Å². The van der Waals surface area contributed by atoms with Gasteiger partial charge in [-0.05, 0) is 49.7 Å². The average molecular weight is 202 g/mol. The van der Waals surface area contributed by atoms with Crippen molar-refractivity contribution < 1.29 is 0 Å². The van der Waals surface area contributed by atoms with Crippen molar-refractivity contribution in [1.29, 1.82) is 0 Å². The van der Waals surface area contributed by atoms with Crippen LogP contribution in [0.4, 0.5) is 5.69 Å². The van der Waals surface area contributed by atoms with Crippen molar-refractivity contribution in [2.45, 2.75) is 38.6 Å². The van der Waals surface area contributed by atoms with Gasteiger partial charge in [0.05, 0.1) is 0 Å². The molecule has 0 spiro atoms. The average Bonchev–Trinajstić information content (AvgIpc) is 2.83. The molecule has 2 saturated carbocycles. The maximum absolute atomic E-state index is 4.13. The Balaban J connectivity index is 1.73. The molecular formula is C13H18N2. The highest BCUT2D eigenvalue weighted by atomic mass is 14.9. The van der Waals surface area contributed by atoms with E-state index < -0.39 is 0 Å². The lowest BCUT2D eigenvalue weighted by Gasteiger charge is -2.24. The normalized spacial score (nSPS) is 33.3. The first-order valence-corrected chi connectivity index (χ1v) is 6.00. The van der Waals surface area contributed by atoms with Crippen LogP contribution in [-0.2, 0) is 0 Å². The van der Waals surface area contributed by atoms with E-state index in [1.165, 1.54) is 36.9 Å². The van der Waals surface area contributed by atoms with Crippen LogP contribution in [0.25, 0.3) is 0 Å². The van der Waals surface area contributed by atoms with Crippen LogP contribution in [0.1, 0.15) is 31.2 Å². The van der Waals surface area contributed by atoms with Crippen molar-refractivity contribution in [2.75, 3.05) is 5.32 Å². The molecule has 3 rings (SSSR count). The van der Waals surface area contributed by atoms with Crippen LogP contribution >= 0.6 is 0 Å². The van der Waals surface area contributed by atoms with Crippen LogP contribution in [0.3, 0.4) is 0 Å². The van der Waals surface area contributed by atoms with Crippen molar-refractivity contribution in [2.24, 2.45) is 11.8 Å². The first kappa shape index (κ1) is 9.20. The molecule has 2 nitrogen and oxygen atoms in total. The predicted molar refractivity (Wildman–Crippen MR) is 61.8 cm³/mol. The smallest absolute Gasteiger partial charge is 0.0403 e. The molecule has 0 aliphatic heterocycles. The van der Waals surface area contributed by atoms with E-state index in [-0.39, 0.29) is 0 Å². The summed E-state index contributed by atoms with van der Waals surface area (Å²) >= 11 is 0. The minimum atomic E-state index is 0.727. The first-order chi connectivity index (χ1) is 7.33. The highest BCUT2D eigenvalue weighted by Crippen LogP contribution is 2.45. The molecule has 1 heterocycles. The van der Waals surface area contributed by atoms with Gasteiger partial charge in [0.1, 0.15) is 0 Å². The first-order valence-electron chi connectivity index (χ1n) is 6.00. The molecule has 2 heteroatoms. The Morgan fingerprint density at radius 2 is 2.27 bits per heavy atom. The van der Waals surface area contributed by atoms with Gasteiger partial charge in [-0.3, -0.25) is 4.98 Å². The van der Waals surface area contributed by atoms with Crippen molar-refractivity contribution in [3.8, 4) is 0 Å². The lowest BCUT2D eigenvalue weighted by molar-refractivity contribution is 0.439. The van der Waals surface area contributed by atoms with Gasteiger partial charge in [0, 0.05) is 24.1 Å². The van der Waals surface area contributed by atoms with Crippen LogP contribution < -0.4 is 5.32 Å². The van der Waals surface area contributed by atoms with Gasteiger partial charge < -0.3 is 5.32 Å². The maximum Gasteiger partial charge on any atom is 0.0403 e. The molecule has 2 fully saturated rings. The minimum absolute atomic E-state index is 0.727. The van der Waals surface area contributed by atoms with E-state index in [4.69, 9.17) is 0 Å². The Labute approximate surface area is 91.1 Å². The zero-order chi connectivity index (χ0) is 10.3. The zero-order valence-corrected chi connectivity index (χ0v) is 9.24. The van der Waals surface area contributed by atoms with E-state index in [0.29, 0.717) is 0 Å². The fourth-order valence-corrected chi connectivity index (χ4v) is 3.26. The lowest BCUT2D eigenvalue weighted by Crippen LogP contribution is -2.26. The van der Waals surface area contributed by atoms with Gasteiger partial charge in [-0.1, -0.05) is 6.42 Å². The molecule has 2 aliphatic carbocycles. The summed E-state index contributed by atoms with van der Waals surface area (Å²) in [4.78, 5) is 4.13. The van der Waals surface area contributed by atoms with Gasteiger partial charge >= 0.3 is 0 Å². The van der Waals surface area contributed by atoms with Gasteiger partial charge in [-0.25, -0.2) is 0 Å². The molecule has 15 heavy (non-hydrogen) atoms. The number of hydrogen-bond donors (Lipinski definition) is 1. The number of nitrogens with zero attached hydrogens (tertiary/aromatic N) is 1. The molecule has 2 aliphatic rings. The van der Waals surface area contributed by atoms with E-state index in [1.54, 1.807) is 0 Å². The number of aryl methyl sites for hydroxylation is 1. The van der Waals surface area contributed by atoms with E-state index >= 15 is 0 Å². The zero-order valence-electron chi connectivity index (χ0n) is 9.24. The molecular weight excluding hydrogens is 184 g/mol. The van der Waals surface area contributed by atoms with Crippen molar-refractivity contribution in [3.05, 3.63) is 24.0 Å². The summed E-state index contributed by atoms with van der Waals surface area (Å²) < 4.78 is 0. The van der Waals surface area contributed by atoms with Crippen molar-refractivity contribution in [1.82, 2.24) is 4.98 Å². The number of hydrogen-bond acceptors (Lipinski definition) is 2. The number of rotatable bonds is 2. The predicted octanol–water partition coefficient (Wildman–Crippen LogP) is 2.99. The summed E-state index contributed by atoms with van der Waals surface area (Å²) in [5.74, 6) is 1.94. The van der Waals surface area contributed by atoms with Gasteiger partial charge in [0.2, 0.25) is 0 Å². The Hall–Kier alpha value is -1.05. The third kappa shape index (κ3) is 1.62. The minimum Gasteiger partial charge on any atom is -0.382 e. The fraction of sp³-hybridized carbons (Fsp3) is 0.615. The summed E-state index contributed by atoms with van der Waals surface area (Å²) in [7, 11) is 0. The molecule has 0 saturated heterocycles. The highest BCUT2D eigenvalue weighted by molar-refractivity contribution is 5.49. The second-order valence-corrected chi connectivity index (χ2v) is 5.12. The maximum atomic E-state index is 4.13. The van der Waals surface area contributed by atoms with Crippen LogP contribution in [0.5, 0.6) is 0 Å². The summed E-state index contributed by atoms with van der Waals surface area (Å²) in [6.45, 7) is 2.13. The summed E-state index contributed by atoms with van der Waals surface area (Å²) in [5.41, 5.74) is 2.54. The molecule has 80 valence electrons. The quantitative estimate of drug-likeness (QED) is 0.797. The monoisotopic (exact) mass is 202 g/mol. The molecule has 1 aromatic rings. The number of aromatic nitrogens is 1. The largest absolute Gasteiger partial charge is 0.382 e. The second-order valence-electron chi connectivity index (χ2n) is 5.12. The summed E-state index contributed by atoms with van der Waals surface area (Å²) in [6, 6.07) is 2.83. The molecule has 2 bridgehead atoms. The molecule has 0 radical (unpaired) electrons. The standard InChI is InChI=1S/C13H18N2/c1-9-8-14-5-4-12(9)15-13-7-10-2-3-11(13)6-10/h4-5,8,10-11,13H,2-3,6-7H2,1H3,(H,14,15). The lowest BCUT2D eigenvalue weighted by atomic mass is 9.95. The van der Waals surface area contributed by atoms with Gasteiger partial charge in [-0.2, -0.15) is 0 Å². The third-order valence-electron chi connectivity index (χ3n) is 4.10. The molecule has 1 N–H and O–H groups in total. The second kappa shape index (κ2) is 3.51.